The minimum absolute atomic E-state index is 0.193. The van der Waals surface area contributed by atoms with E-state index in [1.54, 1.807) is 0 Å². The first kappa shape index (κ1) is 13.9. The molecule has 19 heavy (non-hydrogen) atoms. The van der Waals surface area contributed by atoms with Crippen molar-refractivity contribution in [3.63, 3.8) is 0 Å². The maximum Gasteiger partial charge on any atom is 0.227 e. The second kappa shape index (κ2) is 6.08. The fourth-order valence-electron chi connectivity index (χ4n) is 1.63. The molecule has 100 valence electrons. The van der Waals surface area contributed by atoms with Crippen LogP contribution in [0.1, 0.15) is 6.92 Å². The molecule has 0 saturated heterocycles. The van der Waals surface area contributed by atoms with Gasteiger partial charge in [-0.3, -0.25) is 4.79 Å². The molecule has 5 nitrogen and oxygen atoms in total. The van der Waals surface area contributed by atoms with Crippen molar-refractivity contribution in [3.8, 4) is 11.4 Å². The summed E-state index contributed by atoms with van der Waals surface area (Å²) in [4.78, 5) is 10.8. The van der Waals surface area contributed by atoms with Gasteiger partial charge in [-0.25, -0.2) is 0 Å². The van der Waals surface area contributed by atoms with Gasteiger partial charge in [-0.2, -0.15) is 0 Å². The minimum atomic E-state index is -0.372. The number of nitrogens with zero attached hydrogens (tertiary/aromatic N) is 3. The predicted octanol–water partition coefficient (Wildman–Crippen LogP) is 2.20. The zero-order valence-electron chi connectivity index (χ0n) is 10.3. The molecule has 2 aromatic rings. The lowest BCUT2D eigenvalue weighted by Gasteiger charge is -2.06. The number of halogens is 1. The van der Waals surface area contributed by atoms with Crippen molar-refractivity contribution in [3.05, 3.63) is 29.3 Å². The highest BCUT2D eigenvalue weighted by atomic mass is 35.5. The molecule has 0 aliphatic rings. The largest absolute Gasteiger partial charge is 0.369 e. The zero-order chi connectivity index (χ0) is 13.8. The smallest absolute Gasteiger partial charge is 0.227 e. The van der Waals surface area contributed by atoms with Crippen LogP contribution in [-0.2, 0) is 11.3 Å². The lowest BCUT2D eigenvalue weighted by molar-refractivity contribution is -0.115. The monoisotopic (exact) mass is 296 g/mol. The van der Waals surface area contributed by atoms with Crippen LogP contribution >= 0.6 is 23.4 Å². The first-order valence-corrected chi connectivity index (χ1v) is 7.08. The summed E-state index contributed by atoms with van der Waals surface area (Å²) in [6.07, 6.45) is 0. The van der Waals surface area contributed by atoms with Gasteiger partial charge >= 0.3 is 0 Å². The van der Waals surface area contributed by atoms with Crippen molar-refractivity contribution in [2.45, 2.75) is 18.6 Å². The van der Waals surface area contributed by atoms with Crippen LogP contribution < -0.4 is 5.73 Å². The third-order valence-electron chi connectivity index (χ3n) is 2.48. The summed E-state index contributed by atoms with van der Waals surface area (Å²) in [7, 11) is 0. The molecule has 0 unspecified atom stereocenters. The molecule has 0 radical (unpaired) electrons. The van der Waals surface area contributed by atoms with Crippen LogP contribution in [0.2, 0.25) is 5.02 Å². The summed E-state index contributed by atoms with van der Waals surface area (Å²) in [5.41, 5.74) is 6.07. The van der Waals surface area contributed by atoms with Crippen LogP contribution in [-0.4, -0.2) is 26.4 Å². The molecule has 2 rings (SSSR count). The number of hydrogen-bond acceptors (Lipinski definition) is 4. The summed E-state index contributed by atoms with van der Waals surface area (Å²) >= 11 is 7.15. The first-order chi connectivity index (χ1) is 9.11. The molecule has 0 spiro atoms. The summed E-state index contributed by atoms with van der Waals surface area (Å²) in [5, 5.41) is 9.62. The van der Waals surface area contributed by atoms with Gasteiger partial charge in [0.25, 0.3) is 0 Å². The molecule has 0 saturated carbocycles. The molecule has 0 aliphatic heterocycles. The Hall–Kier alpha value is -1.53. The van der Waals surface area contributed by atoms with E-state index in [4.69, 9.17) is 17.3 Å². The SMILES string of the molecule is CCn1c(SCC(N)=O)nnc1-c1ccc(Cl)cc1. The number of carbonyl (C=O) groups is 1. The van der Waals surface area contributed by atoms with Gasteiger partial charge in [-0.15, -0.1) is 10.2 Å². The summed E-state index contributed by atoms with van der Waals surface area (Å²) < 4.78 is 1.94. The van der Waals surface area contributed by atoms with Crippen LogP contribution in [0, 0.1) is 0 Å². The number of rotatable bonds is 5. The van der Waals surface area contributed by atoms with Gasteiger partial charge in [-0.05, 0) is 31.2 Å². The van der Waals surface area contributed by atoms with Crippen LogP contribution in [0.4, 0.5) is 0 Å². The minimum Gasteiger partial charge on any atom is -0.369 e. The van der Waals surface area contributed by atoms with Crippen molar-refractivity contribution in [1.82, 2.24) is 14.8 Å². The maximum atomic E-state index is 10.8. The zero-order valence-corrected chi connectivity index (χ0v) is 11.9. The van der Waals surface area contributed by atoms with E-state index in [0.29, 0.717) is 16.7 Å². The van der Waals surface area contributed by atoms with Gasteiger partial charge < -0.3 is 10.3 Å². The molecular weight excluding hydrogens is 284 g/mol. The molecular formula is C12H13ClN4OS. The van der Waals surface area contributed by atoms with E-state index in [-0.39, 0.29) is 11.7 Å². The molecule has 2 N–H and O–H groups in total. The van der Waals surface area contributed by atoms with Gasteiger partial charge in [0.05, 0.1) is 5.75 Å². The number of thioether (sulfide) groups is 1. The average Bonchev–Trinajstić information content (AvgIpc) is 2.80. The van der Waals surface area contributed by atoms with Gasteiger partial charge in [0, 0.05) is 17.1 Å². The highest BCUT2D eigenvalue weighted by Crippen LogP contribution is 2.24. The second-order valence-corrected chi connectivity index (χ2v) is 5.19. The van der Waals surface area contributed by atoms with Crippen molar-refractivity contribution in [1.29, 1.82) is 0 Å². The Morgan fingerprint density at radius 3 is 2.63 bits per heavy atom. The van der Waals surface area contributed by atoms with E-state index in [9.17, 15) is 4.79 Å². The second-order valence-electron chi connectivity index (χ2n) is 3.81. The molecule has 0 fully saturated rings. The number of amides is 1. The fraction of sp³-hybridized carbons (Fsp3) is 0.250. The van der Waals surface area contributed by atoms with Gasteiger partial charge in [0.1, 0.15) is 0 Å². The van der Waals surface area contributed by atoms with Crippen molar-refractivity contribution < 1.29 is 4.79 Å². The molecule has 7 heteroatoms. The standard InChI is InChI=1S/C12H13ClN4OS/c1-2-17-11(8-3-5-9(13)6-4-8)15-16-12(17)19-7-10(14)18/h3-6H,2,7H2,1H3,(H2,14,18). The van der Waals surface area contributed by atoms with Crippen LogP contribution in [0.25, 0.3) is 11.4 Å². The fourth-order valence-corrected chi connectivity index (χ4v) is 2.50. The highest BCUT2D eigenvalue weighted by molar-refractivity contribution is 7.99. The number of benzene rings is 1. The lowest BCUT2D eigenvalue weighted by atomic mass is 10.2. The summed E-state index contributed by atoms with van der Waals surface area (Å²) in [6.45, 7) is 2.71. The van der Waals surface area contributed by atoms with Crippen molar-refractivity contribution in [2.75, 3.05) is 5.75 Å². The average molecular weight is 297 g/mol. The van der Waals surface area contributed by atoms with Crippen LogP contribution in [0.5, 0.6) is 0 Å². The van der Waals surface area contributed by atoms with E-state index < -0.39 is 0 Å². The van der Waals surface area contributed by atoms with Crippen molar-refractivity contribution in [2.24, 2.45) is 5.73 Å². The maximum absolute atomic E-state index is 10.8. The van der Waals surface area contributed by atoms with Gasteiger partial charge in [0.2, 0.25) is 5.91 Å². The Morgan fingerprint density at radius 2 is 2.05 bits per heavy atom. The number of carbonyl (C=O) groups excluding carboxylic acids is 1. The van der Waals surface area contributed by atoms with Crippen LogP contribution in [0.15, 0.2) is 29.4 Å². The third kappa shape index (κ3) is 3.27. The van der Waals surface area contributed by atoms with E-state index >= 15 is 0 Å². The van der Waals surface area contributed by atoms with Gasteiger partial charge in [0.15, 0.2) is 11.0 Å². The number of hydrogen-bond donors (Lipinski definition) is 1. The number of aromatic nitrogens is 3. The third-order valence-corrected chi connectivity index (χ3v) is 3.72. The summed E-state index contributed by atoms with van der Waals surface area (Å²) in [5.74, 6) is 0.577. The van der Waals surface area contributed by atoms with E-state index in [1.165, 1.54) is 11.8 Å². The van der Waals surface area contributed by atoms with Crippen LogP contribution in [0.3, 0.4) is 0 Å². The topological polar surface area (TPSA) is 73.8 Å². The molecule has 0 bridgehead atoms. The number of nitrogens with two attached hydrogens (primary N) is 1. The molecule has 0 atom stereocenters. The predicted molar refractivity (Wildman–Crippen MR) is 76.1 cm³/mol. The van der Waals surface area contributed by atoms with Gasteiger partial charge in [-0.1, -0.05) is 23.4 Å². The Bertz CT molecular complexity index is 582. The molecule has 0 aliphatic carbocycles. The molecule has 1 amide bonds. The van der Waals surface area contributed by atoms with Crippen molar-refractivity contribution >= 4 is 29.3 Å². The Balaban J connectivity index is 2.31. The Labute approximate surface area is 120 Å². The Morgan fingerprint density at radius 1 is 1.37 bits per heavy atom. The first-order valence-electron chi connectivity index (χ1n) is 5.72. The molecule has 1 heterocycles. The normalized spacial score (nSPS) is 10.6. The Kier molecular flexibility index (Phi) is 4.44. The lowest BCUT2D eigenvalue weighted by Crippen LogP contribution is -2.13. The quantitative estimate of drug-likeness (QED) is 0.858. The van der Waals surface area contributed by atoms with E-state index in [2.05, 4.69) is 10.2 Å². The molecule has 1 aromatic carbocycles. The highest BCUT2D eigenvalue weighted by Gasteiger charge is 2.13. The summed E-state index contributed by atoms with van der Waals surface area (Å²) in [6, 6.07) is 7.39. The van der Waals surface area contributed by atoms with E-state index in [1.807, 2.05) is 35.8 Å². The molecule has 1 aromatic heterocycles. The van der Waals surface area contributed by atoms with E-state index in [0.717, 1.165) is 11.4 Å². The number of primary amides is 1.